The fourth-order valence-electron chi connectivity index (χ4n) is 3.69. The molecule has 29 heavy (non-hydrogen) atoms. The van der Waals surface area contributed by atoms with Crippen LogP contribution in [0.25, 0.3) is 22.0 Å². The van der Waals surface area contributed by atoms with Gasteiger partial charge >= 0.3 is 0 Å². The number of aromatic amines is 1. The number of aryl methyl sites for hydroxylation is 1. The second-order valence-electron chi connectivity index (χ2n) is 7.79. The van der Waals surface area contributed by atoms with Gasteiger partial charge in [0, 0.05) is 16.5 Å². The molecule has 0 aliphatic carbocycles. The second kappa shape index (κ2) is 9.05. The summed E-state index contributed by atoms with van der Waals surface area (Å²) in [6.45, 7) is 5.95. The molecule has 0 saturated heterocycles. The van der Waals surface area contributed by atoms with E-state index < -0.39 is 17.5 Å². The summed E-state index contributed by atoms with van der Waals surface area (Å²) in [5.41, 5.74) is 2.91. The van der Waals surface area contributed by atoms with Gasteiger partial charge in [-0.3, -0.25) is 9.59 Å². The third-order valence-corrected chi connectivity index (χ3v) is 5.09. The van der Waals surface area contributed by atoms with Crippen LogP contribution in [0.4, 0.5) is 0 Å². The smallest absolute Gasteiger partial charge is 0.261 e. The molecule has 1 heterocycles. The highest BCUT2D eigenvalue weighted by molar-refractivity contribution is 6.08. The van der Waals surface area contributed by atoms with Gasteiger partial charge < -0.3 is 15.4 Å². The summed E-state index contributed by atoms with van der Waals surface area (Å²) >= 11 is 0. The third kappa shape index (κ3) is 4.57. The van der Waals surface area contributed by atoms with E-state index in [0.29, 0.717) is 23.4 Å². The van der Waals surface area contributed by atoms with Crippen molar-refractivity contribution in [2.75, 3.05) is 6.61 Å². The van der Waals surface area contributed by atoms with Gasteiger partial charge in [-0.15, -0.1) is 0 Å². The quantitative estimate of drug-likeness (QED) is 0.570. The van der Waals surface area contributed by atoms with E-state index in [2.05, 4.69) is 17.2 Å². The second-order valence-corrected chi connectivity index (χ2v) is 7.79. The van der Waals surface area contributed by atoms with Crippen molar-refractivity contribution >= 4 is 16.8 Å². The fraction of sp³-hybridized carbons (Fsp3) is 0.333. The predicted molar refractivity (Wildman–Crippen MR) is 117 cm³/mol. The van der Waals surface area contributed by atoms with Crippen LogP contribution in [0, 0.1) is 5.92 Å². The Kier molecular flexibility index (Phi) is 6.49. The topological polar surface area (TPSA) is 82.2 Å². The van der Waals surface area contributed by atoms with E-state index in [9.17, 15) is 14.7 Å². The van der Waals surface area contributed by atoms with Gasteiger partial charge in [-0.1, -0.05) is 57.2 Å². The number of aliphatic hydroxyl groups is 1. The normalized spacial score (nSPS) is 12.3. The molecule has 3 N–H and O–H groups in total. The van der Waals surface area contributed by atoms with Crippen LogP contribution in [0.3, 0.4) is 0 Å². The number of rotatable bonds is 7. The van der Waals surface area contributed by atoms with Gasteiger partial charge in [0.15, 0.2) is 0 Å². The van der Waals surface area contributed by atoms with Gasteiger partial charge in [-0.25, -0.2) is 0 Å². The lowest BCUT2D eigenvalue weighted by molar-refractivity contribution is 0.0907. The number of fused-ring (bicyclic) bond motifs is 1. The van der Waals surface area contributed by atoms with E-state index >= 15 is 0 Å². The van der Waals surface area contributed by atoms with Gasteiger partial charge in [0.1, 0.15) is 5.56 Å². The first-order chi connectivity index (χ1) is 13.9. The number of pyridine rings is 1. The van der Waals surface area contributed by atoms with Crippen molar-refractivity contribution in [2.45, 2.75) is 39.7 Å². The van der Waals surface area contributed by atoms with Crippen molar-refractivity contribution in [1.82, 2.24) is 10.3 Å². The van der Waals surface area contributed by atoms with Crippen LogP contribution in [0.1, 0.15) is 43.1 Å². The number of H-pyrrole nitrogens is 1. The molecule has 0 bridgehead atoms. The zero-order chi connectivity index (χ0) is 21.0. The maximum atomic E-state index is 13.2. The van der Waals surface area contributed by atoms with E-state index in [-0.39, 0.29) is 12.2 Å². The monoisotopic (exact) mass is 392 g/mol. The number of aromatic nitrogens is 1. The molecule has 0 radical (unpaired) electrons. The number of carbonyl (C=O) groups is 1. The van der Waals surface area contributed by atoms with Crippen LogP contribution in [0.5, 0.6) is 0 Å². The first kappa shape index (κ1) is 20.8. The molecule has 0 unspecified atom stereocenters. The van der Waals surface area contributed by atoms with Gasteiger partial charge in [0.05, 0.1) is 12.6 Å². The first-order valence-corrected chi connectivity index (χ1v) is 10.1. The molecule has 0 fully saturated rings. The zero-order valence-electron chi connectivity index (χ0n) is 17.2. The Labute approximate surface area is 170 Å². The summed E-state index contributed by atoms with van der Waals surface area (Å²) in [4.78, 5) is 29.0. The number of amides is 1. The summed E-state index contributed by atoms with van der Waals surface area (Å²) in [5.74, 6) is -0.156. The summed E-state index contributed by atoms with van der Waals surface area (Å²) in [6.07, 6.45) is 1.49. The van der Waals surface area contributed by atoms with Crippen LogP contribution >= 0.6 is 0 Å². The Morgan fingerprint density at radius 1 is 1.14 bits per heavy atom. The van der Waals surface area contributed by atoms with Gasteiger partial charge in [0.25, 0.3) is 11.5 Å². The van der Waals surface area contributed by atoms with Crippen molar-refractivity contribution in [3.8, 4) is 11.1 Å². The van der Waals surface area contributed by atoms with Crippen molar-refractivity contribution in [2.24, 2.45) is 5.92 Å². The molecule has 1 atom stereocenters. The Morgan fingerprint density at radius 2 is 1.86 bits per heavy atom. The van der Waals surface area contributed by atoms with Crippen molar-refractivity contribution in [3.63, 3.8) is 0 Å². The summed E-state index contributed by atoms with van der Waals surface area (Å²) in [5, 5.41) is 13.4. The van der Waals surface area contributed by atoms with E-state index in [0.717, 1.165) is 22.9 Å². The number of hydrogen-bond acceptors (Lipinski definition) is 3. The van der Waals surface area contributed by atoms with Crippen molar-refractivity contribution in [3.05, 3.63) is 70.0 Å². The molecule has 1 aromatic heterocycles. The summed E-state index contributed by atoms with van der Waals surface area (Å²) < 4.78 is 0. The summed E-state index contributed by atoms with van der Waals surface area (Å²) in [6, 6.07) is 15.0. The highest BCUT2D eigenvalue weighted by atomic mass is 16.3. The van der Waals surface area contributed by atoms with Crippen molar-refractivity contribution in [1.29, 1.82) is 0 Å². The number of hydrogen-bond donors (Lipinski definition) is 3. The number of benzene rings is 2. The highest BCUT2D eigenvalue weighted by Gasteiger charge is 2.23. The van der Waals surface area contributed by atoms with Gasteiger partial charge in [0.2, 0.25) is 0 Å². The molecule has 0 aliphatic rings. The molecule has 1 amide bonds. The highest BCUT2D eigenvalue weighted by Crippen LogP contribution is 2.30. The molecule has 0 spiro atoms. The molecule has 3 aromatic rings. The molecular formula is C24H28N2O3. The van der Waals surface area contributed by atoms with E-state index in [1.165, 1.54) is 0 Å². The molecule has 0 saturated carbocycles. The van der Waals surface area contributed by atoms with Crippen LogP contribution < -0.4 is 10.9 Å². The third-order valence-electron chi connectivity index (χ3n) is 5.09. The molecule has 152 valence electrons. The Bertz CT molecular complexity index is 1050. The lowest BCUT2D eigenvalue weighted by Crippen LogP contribution is -2.41. The number of nitrogens with one attached hydrogen (secondary N) is 2. The average Bonchev–Trinajstić information content (AvgIpc) is 2.72. The lowest BCUT2D eigenvalue weighted by atomic mass is 9.94. The molecular weight excluding hydrogens is 364 g/mol. The minimum atomic E-state index is -0.464. The minimum absolute atomic E-state index is 0.0826. The molecule has 0 aliphatic heterocycles. The fourth-order valence-corrected chi connectivity index (χ4v) is 3.69. The Balaban J connectivity index is 2.21. The first-order valence-electron chi connectivity index (χ1n) is 10.1. The van der Waals surface area contributed by atoms with Crippen LogP contribution in [0.15, 0.2) is 53.3 Å². The minimum Gasteiger partial charge on any atom is -0.394 e. The van der Waals surface area contributed by atoms with Crippen molar-refractivity contribution < 1.29 is 9.90 Å². The Hall–Kier alpha value is -2.92. The molecule has 3 rings (SSSR count). The van der Waals surface area contributed by atoms with Gasteiger partial charge in [-0.2, -0.15) is 0 Å². The number of carbonyl (C=O) groups excluding carboxylic acids is 1. The van der Waals surface area contributed by atoms with Crippen LogP contribution in [-0.4, -0.2) is 28.6 Å². The predicted octanol–water partition coefficient (Wildman–Crippen LogP) is 3.89. The maximum absolute atomic E-state index is 13.2. The van der Waals surface area contributed by atoms with E-state index in [1.54, 1.807) is 0 Å². The average molecular weight is 392 g/mol. The van der Waals surface area contributed by atoms with E-state index in [1.807, 2.05) is 62.4 Å². The lowest BCUT2D eigenvalue weighted by Gasteiger charge is -2.20. The van der Waals surface area contributed by atoms with Gasteiger partial charge in [-0.05, 0) is 42.0 Å². The maximum Gasteiger partial charge on any atom is 0.261 e. The van der Waals surface area contributed by atoms with Crippen LogP contribution in [-0.2, 0) is 6.42 Å². The number of aliphatic hydroxyl groups excluding tert-OH is 1. The summed E-state index contributed by atoms with van der Waals surface area (Å²) in [7, 11) is 0. The molecule has 5 nitrogen and oxygen atoms in total. The zero-order valence-corrected chi connectivity index (χ0v) is 17.2. The standard InChI is InChI=1S/C24H28N2O3/c1-4-16-10-11-20-19(13-16)21(17-8-6-5-7-9-17)22(24(29)26-20)23(28)25-18(14-27)12-15(2)3/h5-11,13,15,18,27H,4,12,14H2,1-3H3,(H,25,28)(H,26,29)/t18-/m0/s1. The largest absolute Gasteiger partial charge is 0.394 e. The Morgan fingerprint density at radius 3 is 2.48 bits per heavy atom. The SMILES string of the molecule is CCc1ccc2[nH]c(=O)c(C(=O)N[C@H](CO)CC(C)C)c(-c3ccccc3)c2c1. The van der Waals surface area contributed by atoms with E-state index in [4.69, 9.17) is 0 Å². The molecule has 5 heteroatoms. The molecule has 2 aromatic carbocycles. The van der Waals surface area contributed by atoms with Crippen LogP contribution in [0.2, 0.25) is 0 Å².